The predicted octanol–water partition coefficient (Wildman–Crippen LogP) is 9.43. The van der Waals surface area contributed by atoms with Crippen molar-refractivity contribution in [2.24, 2.45) is 0 Å². The van der Waals surface area contributed by atoms with E-state index in [0.29, 0.717) is 21.6 Å². The number of benzene rings is 6. The fourth-order valence-electron chi connectivity index (χ4n) is 6.33. The van der Waals surface area contributed by atoms with Crippen molar-refractivity contribution in [3.8, 4) is 0 Å². The Kier molecular flexibility index (Phi) is 13.9. The number of carbonyl (C=O) groups is 2. The van der Waals surface area contributed by atoms with Crippen LogP contribution in [0.15, 0.2) is 203 Å². The fraction of sp³-hybridized carbons (Fsp3) is 0.0435. The lowest BCUT2D eigenvalue weighted by Gasteiger charge is -2.18. The number of nitrogens with zero attached hydrogens (tertiary/aromatic N) is 2. The lowest BCUT2D eigenvalue weighted by molar-refractivity contribution is -0.117. The molecule has 0 aliphatic carbocycles. The molecule has 62 heavy (non-hydrogen) atoms. The lowest BCUT2D eigenvalue weighted by Crippen LogP contribution is -2.22. The predicted molar refractivity (Wildman–Crippen MR) is 245 cm³/mol. The third kappa shape index (κ3) is 11.2. The molecule has 0 saturated carbocycles. The second kappa shape index (κ2) is 20.1. The van der Waals surface area contributed by atoms with Gasteiger partial charge in [0.2, 0.25) is 11.8 Å². The van der Waals surface area contributed by atoms with E-state index < -0.39 is 31.9 Å². The third-order valence-electron chi connectivity index (χ3n) is 9.23. The summed E-state index contributed by atoms with van der Waals surface area (Å²) in [6.45, 7) is 0. The summed E-state index contributed by atoms with van der Waals surface area (Å²) >= 11 is 2.39. The Labute approximate surface area is 367 Å². The van der Waals surface area contributed by atoms with E-state index in [4.69, 9.17) is 0 Å². The van der Waals surface area contributed by atoms with Gasteiger partial charge in [0.1, 0.15) is 0 Å². The summed E-state index contributed by atoms with van der Waals surface area (Å²) in [5.41, 5.74) is 4.51. The van der Waals surface area contributed by atoms with Gasteiger partial charge >= 0.3 is 0 Å². The molecule has 312 valence electrons. The number of amides is 2. The van der Waals surface area contributed by atoms with Gasteiger partial charge in [-0.25, -0.2) is 26.8 Å². The summed E-state index contributed by atoms with van der Waals surface area (Å²) in [4.78, 5) is 34.4. The normalized spacial score (nSPS) is 11.3. The smallest absolute Gasteiger partial charge is 0.263 e. The summed E-state index contributed by atoms with van der Waals surface area (Å²) in [6.07, 6.45) is 3.05. The molecular weight excluding hydrogens is 861 g/mol. The average molecular weight is 899 g/mol. The van der Waals surface area contributed by atoms with Crippen LogP contribution in [0.4, 0.5) is 21.6 Å². The van der Waals surface area contributed by atoms with E-state index in [-0.39, 0.29) is 21.6 Å². The van der Waals surface area contributed by atoms with Crippen LogP contribution in [0.25, 0.3) is 0 Å². The zero-order chi connectivity index (χ0) is 43.4. The molecule has 0 atom stereocenters. The van der Waals surface area contributed by atoms with Gasteiger partial charge in [0.25, 0.3) is 20.0 Å². The highest BCUT2D eigenvalue weighted by molar-refractivity contribution is 7.93. The second-order valence-corrected chi connectivity index (χ2v) is 18.6. The Balaban J connectivity index is 0.000000186. The van der Waals surface area contributed by atoms with Gasteiger partial charge in [-0.1, -0.05) is 121 Å². The van der Waals surface area contributed by atoms with Gasteiger partial charge in [0.05, 0.1) is 21.6 Å². The molecule has 8 rings (SSSR count). The standard InChI is InChI=1S/2C23H19N3O3S2/c2*27-22(21(17-7-3-1-4-8-17)18-9-5-2-6-10-18)25-19-11-13-20(14-12-19)31(28,29)26-23-24-15-16-30-23/h2*1-16,21H,(H,24,26)(H,25,27). The van der Waals surface area contributed by atoms with Crippen LogP contribution in [0.5, 0.6) is 0 Å². The first-order valence-electron chi connectivity index (χ1n) is 18.9. The van der Waals surface area contributed by atoms with Crippen molar-refractivity contribution in [3.63, 3.8) is 0 Å². The van der Waals surface area contributed by atoms with E-state index in [2.05, 4.69) is 30.0 Å². The Bertz CT molecular complexity index is 2610. The number of anilines is 4. The van der Waals surface area contributed by atoms with Gasteiger partial charge in [-0.05, 0) is 70.8 Å². The van der Waals surface area contributed by atoms with Crippen molar-refractivity contribution in [2.45, 2.75) is 21.6 Å². The maximum atomic E-state index is 13.2. The number of hydrogen-bond donors (Lipinski definition) is 4. The summed E-state index contributed by atoms with van der Waals surface area (Å²) in [5, 5.41) is 9.77. The molecule has 2 amide bonds. The van der Waals surface area contributed by atoms with Crippen LogP contribution in [0, 0.1) is 0 Å². The topological polar surface area (TPSA) is 176 Å². The molecule has 2 aromatic heterocycles. The Morgan fingerprint density at radius 2 is 0.710 bits per heavy atom. The number of rotatable bonds is 14. The van der Waals surface area contributed by atoms with Crippen LogP contribution in [0.2, 0.25) is 0 Å². The molecule has 0 unspecified atom stereocenters. The van der Waals surface area contributed by atoms with Crippen molar-refractivity contribution in [1.29, 1.82) is 0 Å². The fourth-order valence-corrected chi connectivity index (χ4v) is 9.91. The molecule has 6 aromatic carbocycles. The zero-order valence-electron chi connectivity index (χ0n) is 32.6. The number of carbonyl (C=O) groups excluding carboxylic acids is 2. The molecule has 0 radical (unpaired) electrons. The number of hydrogen-bond acceptors (Lipinski definition) is 10. The Morgan fingerprint density at radius 3 is 0.968 bits per heavy atom. The van der Waals surface area contributed by atoms with E-state index >= 15 is 0 Å². The molecule has 12 nitrogen and oxygen atoms in total. The van der Waals surface area contributed by atoms with Gasteiger partial charge in [-0.2, -0.15) is 0 Å². The number of sulfonamides is 2. The van der Waals surface area contributed by atoms with E-state index in [0.717, 1.165) is 22.3 Å². The molecule has 0 fully saturated rings. The Hall–Kier alpha value is -6.98. The minimum absolute atomic E-state index is 0.0865. The van der Waals surface area contributed by atoms with Crippen LogP contribution >= 0.6 is 22.7 Å². The molecular formula is C46H38N6O6S4. The van der Waals surface area contributed by atoms with Crippen LogP contribution in [0.3, 0.4) is 0 Å². The highest BCUT2D eigenvalue weighted by Crippen LogP contribution is 2.29. The van der Waals surface area contributed by atoms with E-state index in [1.165, 1.54) is 59.3 Å². The van der Waals surface area contributed by atoms with Crippen molar-refractivity contribution in [1.82, 2.24) is 9.97 Å². The zero-order valence-corrected chi connectivity index (χ0v) is 35.9. The summed E-state index contributed by atoms with van der Waals surface area (Å²) < 4.78 is 54.8. The molecule has 0 bridgehead atoms. The molecule has 16 heteroatoms. The van der Waals surface area contributed by atoms with Crippen LogP contribution in [-0.4, -0.2) is 38.6 Å². The summed E-state index contributed by atoms with van der Waals surface area (Å²) in [6, 6.07) is 50.2. The summed E-state index contributed by atoms with van der Waals surface area (Å²) in [7, 11) is -7.49. The Morgan fingerprint density at radius 1 is 0.419 bits per heavy atom. The largest absolute Gasteiger partial charge is 0.325 e. The van der Waals surface area contributed by atoms with E-state index in [1.807, 2.05) is 121 Å². The van der Waals surface area contributed by atoms with Crippen molar-refractivity contribution < 1.29 is 26.4 Å². The molecule has 0 saturated heterocycles. The molecule has 0 aliphatic rings. The van der Waals surface area contributed by atoms with Crippen molar-refractivity contribution in [2.75, 3.05) is 20.1 Å². The first kappa shape index (κ1) is 43.1. The van der Waals surface area contributed by atoms with Gasteiger partial charge < -0.3 is 10.6 Å². The summed E-state index contributed by atoms with van der Waals surface area (Å²) in [5.74, 6) is -1.38. The van der Waals surface area contributed by atoms with Gasteiger partial charge in [0, 0.05) is 34.5 Å². The molecule has 4 N–H and O–H groups in total. The van der Waals surface area contributed by atoms with Crippen LogP contribution in [0.1, 0.15) is 34.1 Å². The lowest BCUT2D eigenvalue weighted by atomic mass is 9.90. The number of aromatic nitrogens is 2. The minimum atomic E-state index is -3.75. The number of nitrogens with one attached hydrogen (secondary N) is 4. The van der Waals surface area contributed by atoms with Gasteiger partial charge in [-0.15, -0.1) is 22.7 Å². The first-order valence-corrected chi connectivity index (χ1v) is 23.6. The maximum Gasteiger partial charge on any atom is 0.263 e. The maximum absolute atomic E-state index is 13.2. The van der Waals surface area contributed by atoms with E-state index in [1.54, 1.807) is 35.0 Å². The van der Waals surface area contributed by atoms with E-state index in [9.17, 15) is 26.4 Å². The van der Waals surface area contributed by atoms with Gasteiger partial charge in [-0.3, -0.25) is 19.0 Å². The monoisotopic (exact) mass is 898 g/mol. The van der Waals surface area contributed by atoms with Gasteiger partial charge in [0.15, 0.2) is 10.3 Å². The minimum Gasteiger partial charge on any atom is -0.325 e. The van der Waals surface area contributed by atoms with Crippen LogP contribution < -0.4 is 20.1 Å². The third-order valence-corrected chi connectivity index (χ3v) is 13.6. The average Bonchev–Trinajstić information content (AvgIpc) is 4.00. The van der Waals surface area contributed by atoms with Crippen LogP contribution in [-0.2, 0) is 29.6 Å². The second-order valence-electron chi connectivity index (χ2n) is 13.4. The SMILES string of the molecule is O=C(Nc1ccc(S(=O)(=O)Nc2nccs2)cc1)C(c1ccccc1)c1ccccc1.O=C(Nc1ccc(S(=O)(=O)Nc2nccs2)cc1)C(c1ccccc1)c1ccccc1. The highest BCUT2D eigenvalue weighted by atomic mass is 32.2. The molecule has 0 spiro atoms. The first-order chi connectivity index (χ1) is 30.1. The van der Waals surface area contributed by atoms with Crippen molar-refractivity contribution >= 4 is 76.2 Å². The van der Waals surface area contributed by atoms with Crippen molar-refractivity contribution in [3.05, 3.63) is 215 Å². The number of thiazole rings is 2. The quantitative estimate of drug-likeness (QED) is 0.0835. The highest BCUT2D eigenvalue weighted by Gasteiger charge is 2.25. The molecule has 2 heterocycles. The molecule has 8 aromatic rings. The molecule has 0 aliphatic heterocycles.